The molecular formula is C15H10BrFN2O2. The van der Waals surface area contributed by atoms with Crippen LogP contribution in [-0.4, -0.2) is 15.2 Å². The number of rotatable bonds is 3. The summed E-state index contributed by atoms with van der Waals surface area (Å²) >= 11 is 3.20. The van der Waals surface area contributed by atoms with Gasteiger partial charge < -0.3 is 9.63 Å². The van der Waals surface area contributed by atoms with Crippen LogP contribution in [0.2, 0.25) is 0 Å². The summed E-state index contributed by atoms with van der Waals surface area (Å²) in [5.74, 6) is 0.452. The Bertz CT molecular complexity index is 789. The van der Waals surface area contributed by atoms with Crippen LogP contribution in [0, 0.1) is 5.82 Å². The number of aromatic nitrogens is 2. The van der Waals surface area contributed by atoms with E-state index in [1.807, 2.05) is 0 Å². The van der Waals surface area contributed by atoms with Crippen LogP contribution in [0.1, 0.15) is 11.4 Å². The zero-order chi connectivity index (χ0) is 14.8. The van der Waals surface area contributed by atoms with Gasteiger partial charge in [0.2, 0.25) is 0 Å². The van der Waals surface area contributed by atoms with Crippen molar-refractivity contribution in [3.63, 3.8) is 0 Å². The zero-order valence-corrected chi connectivity index (χ0v) is 12.3. The molecular weight excluding hydrogens is 339 g/mol. The van der Waals surface area contributed by atoms with Crippen LogP contribution < -0.4 is 0 Å². The molecule has 0 aliphatic rings. The molecule has 3 rings (SSSR count). The standard InChI is InChI=1S/C15H10BrFN2O2/c16-11-6-5-10(7-13(11)20)15-18-14(19-21-15)8-9-3-1-2-4-12(9)17/h1-7,20H,8H2. The van der Waals surface area contributed by atoms with Crippen LogP contribution in [0.15, 0.2) is 51.5 Å². The van der Waals surface area contributed by atoms with Crippen molar-refractivity contribution in [2.45, 2.75) is 6.42 Å². The van der Waals surface area contributed by atoms with Gasteiger partial charge in [-0.05, 0) is 45.8 Å². The van der Waals surface area contributed by atoms with Gasteiger partial charge in [-0.3, -0.25) is 0 Å². The number of benzene rings is 2. The highest BCUT2D eigenvalue weighted by Crippen LogP contribution is 2.29. The molecule has 6 heteroatoms. The predicted molar refractivity (Wildman–Crippen MR) is 78.3 cm³/mol. The molecule has 0 atom stereocenters. The number of hydrogen-bond donors (Lipinski definition) is 1. The average molecular weight is 349 g/mol. The number of aromatic hydroxyl groups is 1. The number of halogens is 2. The van der Waals surface area contributed by atoms with E-state index in [9.17, 15) is 9.50 Å². The van der Waals surface area contributed by atoms with Crippen molar-refractivity contribution in [1.82, 2.24) is 10.1 Å². The van der Waals surface area contributed by atoms with E-state index in [4.69, 9.17) is 4.52 Å². The summed E-state index contributed by atoms with van der Waals surface area (Å²) in [6, 6.07) is 11.4. The minimum Gasteiger partial charge on any atom is -0.507 e. The third kappa shape index (κ3) is 2.95. The van der Waals surface area contributed by atoms with Gasteiger partial charge in [0.15, 0.2) is 5.82 Å². The third-order valence-corrected chi connectivity index (χ3v) is 3.64. The minimum atomic E-state index is -0.301. The fourth-order valence-electron chi connectivity index (χ4n) is 1.90. The summed E-state index contributed by atoms with van der Waals surface area (Å²) in [7, 11) is 0. The van der Waals surface area contributed by atoms with Crippen LogP contribution in [-0.2, 0) is 6.42 Å². The molecule has 0 unspecified atom stereocenters. The first-order valence-corrected chi connectivity index (χ1v) is 6.97. The molecule has 21 heavy (non-hydrogen) atoms. The third-order valence-electron chi connectivity index (χ3n) is 2.97. The monoisotopic (exact) mass is 348 g/mol. The Labute approximate surface area is 128 Å². The largest absolute Gasteiger partial charge is 0.507 e. The summed E-state index contributed by atoms with van der Waals surface area (Å²) in [4.78, 5) is 4.22. The van der Waals surface area contributed by atoms with Gasteiger partial charge in [-0.15, -0.1) is 0 Å². The maximum Gasteiger partial charge on any atom is 0.258 e. The number of nitrogens with zero attached hydrogens (tertiary/aromatic N) is 2. The minimum absolute atomic E-state index is 0.0846. The number of phenols is 1. The summed E-state index contributed by atoms with van der Waals surface area (Å²) in [6.07, 6.45) is 0.249. The molecule has 4 nitrogen and oxygen atoms in total. The van der Waals surface area contributed by atoms with Gasteiger partial charge in [-0.2, -0.15) is 4.98 Å². The van der Waals surface area contributed by atoms with E-state index < -0.39 is 0 Å². The molecule has 0 radical (unpaired) electrons. The van der Waals surface area contributed by atoms with Gasteiger partial charge in [-0.25, -0.2) is 4.39 Å². The topological polar surface area (TPSA) is 59.2 Å². The Hall–Kier alpha value is -2.21. The second-order valence-electron chi connectivity index (χ2n) is 4.45. The molecule has 0 aliphatic carbocycles. The second-order valence-corrected chi connectivity index (χ2v) is 5.30. The Morgan fingerprint density at radius 1 is 1.19 bits per heavy atom. The normalized spacial score (nSPS) is 10.8. The lowest BCUT2D eigenvalue weighted by molar-refractivity contribution is 0.422. The van der Waals surface area contributed by atoms with Gasteiger partial charge >= 0.3 is 0 Å². The molecule has 0 saturated heterocycles. The van der Waals surface area contributed by atoms with E-state index in [-0.39, 0.29) is 23.9 Å². The van der Waals surface area contributed by atoms with Crippen molar-refractivity contribution in [3.05, 3.63) is 64.1 Å². The van der Waals surface area contributed by atoms with Crippen molar-refractivity contribution in [3.8, 4) is 17.2 Å². The van der Waals surface area contributed by atoms with Crippen molar-refractivity contribution in [2.24, 2.45) is 0 Å². The first-order valence-electron chi connectivity index (χ1n) is 6.18. The van der Waals surface area contributed by atoms with E-state index >= 15 is 0 Å². The van der Waals surface area contributed by atoms with Crippen LogP contribution in [0.25, 0.3) is 11.5 Å². The second kappa shape index (κ2) is 5.65. The molecule has 1 N–H and O–H groups in total. The average Bonchev–Trinajstić information content (AvgIpc) is 2.93. The molecule has 0 spiro atoms. The summed E-state index contributed by atoms with van der Waals surface area (Å²) in [5.41, 5.74) is 1.10. The lowest BCUT2D eigenvalue weighted by atomic mass is 10.1. The molecule has 3 aromatic rings. The Balaban J connectivity index is 1.86. The number of phenolic OH excluding ortho intramolecular Hbond substituents is 1. The van der Waals surface area contributed by atoms with Gasteiger partial charge in [0.25, 0.3) is 5.89 Å². The van der Waals surface area contributed by atoms with E-state index in [1.54, 1.807) is 30.3 Å². The highest BCUT2D eigenvalue weighted by molar-refractivity contribution is 9.10. The van der Waals surface area contributed by atoms with Crippen molar-refractivity contribution < 1.29 is 14.0 Å². The Morgan fingerprint density at radius 3 is 2.76 bits per heavy atom. The van der Waals surface area contributed by atoms with Crippen molar-refractivity contribution in [1.29, 1.82) is 0 Å². The van der Waals surface area contributed by atoms with E-state index in [2.05, 4.69) is 26.1 Å². The molecule has 1 aromatic heterocycles. The highest BCUT2D eigenvalue weighted by atomic mass is 79.9. The molecule has 0 aliphatic heterocycles. The molecule has 0 amide bonds. The Kier molecular flexibility index (Phi) is 3.70. The van der Waals surface area contributed by atoms with Crippen LogP contribution in [0.4, 0.5) is 4.39 Å². The smallest absolute Gasteiger partial charge is 0.258 e. The lowest BCUT2D eigenvalue weighted by Crippen LogP contribution is -1.94. The molecule has 2 aromatic carbocycles. The predicted octanol–water partition coefficient (Wildman–Crippen LogP) is 3.93. The van der Waals surface area contributed by atoms with E-state index in [0.717, 1.165) is 0 Å². The fourth-order valence-corrected chi connectivity index (χ4v) is 2.15. The maximum absolute atomic E-state index is 13.6. The van der Waals surface area contributed by atoms with Gasteiger partial charge in [0.05, 0.1) is 4.47 Å². The molecule has 1 heterocycles. The maximum atomic E-state index is 13.6. The lowest BCUT2D eigenvalue weighted by Gasteiger charge is -1.98. The van der Waals surface area contributed by atoms with Gasteiger partial charge in [0.1, 0.15) is 11.6 Å². The highest BCUT2D eigenvalue weighted by Gasteiger charge is 2.12. The molecule has 0 saturated carbocycles. The van der Waals surface area contributed by atoms with Gasteiger partial charge in [0, 0.05) is 12.0 Å². The van der Waals surface area contributed by atoms with E-state index in [0.29, 0.717) is 21.4 Å². The SMILES string of the molecule is Oc1cc(-c2nc(Cc3ccccc3F)no2)ccc1Br. The van der Waals surface area contributed by atoms with Crippen LogP contribution in [0.3, 0.4) is 0 Å². The Morgan fingerprint density at radius 2 is 2.00 bits per heavy atom. The fraction of sp³-hybridized carbons (Fsp3) is 0.0667. The van der Waals surface area contributed by atoms with Crippen LogP contribution in [0.5, 0.6) is 5.75 Å². The van der Waals surface area contributed by atoms with Crippen molar-refractivity contribution >= 4 is 15.9 Å². The molecule has 0 fully saturated rings. The summed E-state index contributed by atoms with van der Waals surface area (Å²) < 4.78 is 19.3. The first kappa shape index (κ1) is 13.8. The molecule has 0 bridgehead atoms. The number of hydrogen-bond acceptors (Lipinski definition) is 4. The first-order chi connectivity index (χ1) is 10.1. The van der Waals surface area contributed by atoms with Crippen molar-refractivity contribution in [2.75, 3.05) is 0 Å². The van der Waals surface area contributed by atoms with Crippen LogP contribution >= 0.6 is 15.9 Å². The molecule has 106 valence electrons. The zero-order valence-electron chi connectivity index (χ0n) is 10.8. The summed E-state index contributed by atoms with van der Waals surface area (Å²) in [6.45, 7) is 0. The summed E-state index contributed by atoms with van der Waals surface area (Å²) in [5, 5.41) is 13.5. The van der Waals surface area contributed by atoms with Gasteiger partial charge in [-0.1, -0.05) is 23.4 Å². The van der Waals surface area contributed by atoms with E-state index in [1.165, 1.54) is 12.1 Å². The quantitative estimate of drug-likeness (QED) is 0.778.